The van der Waals surface area contributed by atoms with Crippen LogP contribution in [-0.4, -0.2) is 6.54 Å². The predicted octanol–water partition coefficient (Wildman–Crippen LogP) is -2.33. The van der Waals surface area contributed by atoms with Crippen molar-refractivity contribution >= 4 is 0 Å². The summed E-state index contributed by atoms with van der Waals surface area (Å²) in [6, 6.07) is 0. The molecular formula is C3H8KN2O+. The minimum Gasteiger partial charge on any atom is -0.274 e. The van der Waals surface area contributed by atoms with Crippen LogP contribution in [0.15, 0.2) is 5.29 Å². The molecule has 0 unspecified atom stereocenters. The fourth-order valence-corrected chi connectivity index (χ4v) is 0.157. The molecule has 4 heteroatoms. The first-order valence-corrected chi connectivity index (χ1v) is 1.97. The third-order valence-corrected chi connectivity index (χ3v) is 0.426. The van der Waals surface area contributed by atoms with E-state index in [-0.39, 0.29) is 51.4 Å². The molecule has 0 aromatic heterocycles. The van der Waals surface area contributed by atoms with Crippen LogP contribution in [0.3, 0.4) is 0 Å². The van der Waals surface area contributed by atoms with Crippen LogP contribution in [0, 0.1) is 4.91 Å². The van der Waals surface area contributed by atoms with E-state index in [0.717, 1.165) is 6.42 Å². The summed E-state index contributed by atoms with van der Waals surface area (Å²) in [6.07, 6.45) is 0.950. The zero-order valence-electron chi connectivity index (χ0n) is 4.77. The van der Waals surface area contributed by atoms with Crippen molar-refractivity contribution in [3.8, 4) is 0 Å². The van der Waals surface area contributed by atoms with Gasteiger partial charge in [-0.15, -0.1) is 4.91 Å². The molecule has 36 valence electrons. The van der Waals surface area contributed by atoms with Gasteiger partial charge < -0.3 is 0 Å². The van der Waals surface area contributed by atoms with E-state index in [1.807, 2.05) is 6.92 Å². The van der Waals surface area contributed by atoms with Crippen LogP contribution in [0.25, 0.3) is 0 Å². The van der Waals surface area contributed by atoms with Crippen molar-refractivity contribution in [2.24, 2.45) is 5.29 Å². The molecule has 0 aromatic rings. The molecule has 3 nitrogen and oxygen atoms in total. The Morgan fingerprint density at radius 3 is 2.43 bits per heavy atom. The summed E-state index contributed by atoms with van der Waals surface area (Å²) in [5, 5.41) is 2.43. The molecule has 0 bridgehead atoms. The summed E-state index contributed by atoms with van der Waals surface area (Å²) in [5.41, 5.74) is 2.27. The summed E-state index contributed by atoms with van der Waals surface area (Å²) >= 11 is 0. The maximum Gasteiger partial charge on any atom is 1.00 e. The molecule has 0 aliphatic rings. The Balaban J connectivity index is 0. The average Bonchev–Trinajstić information content (AvgIpc) is 1.61. The summed E-state index contributed by atoms with van der Waals surface area (Å²) in [6.45, 7) is 2.65. The van der Waals surface area contributed by atoms with E-state index >= 15 is 0 Å². The van der Waals surface area contributed by atoms with Gasteiger partial charge in [0.2, 0.25) is 0 Å². The number of rotatable bonds is 3. The van der Waals surface area contributed by atoms with Gasteiger partial charge in [-0.3, -0.25) is 5.43 Å². The van der Waals surface area contributed by atoms with Crippen molar-refractivity contribution in [2.75, 3.05) is 6.54 Å². The smallest absolute Gasteiger partial charge is 0.274 e. The van der Waals surface area contributed by atoms with Crippen molar-refractivity contribution in [3.05, 3.63) is 4.91 Å². The van der Waals surface area contributed by atoms with Gasteiger partial charge in [0.15, 0.2) is 0 Å². The Morgan fingerprint density at radius 1 is 1.71 bits per heavy atom. The minimum absolute atomic E-state index is 0. The van der Waals surface area contributed by atoms with E-state index in [1.54, 1.807) is 0 Å². The van der Waals surface area contributed by atoms with Gasteiger partial charge in [0, 0.05) is 11.8 Å². The molecule has 0 saturated carbocycles. The fourth-order valence-electron chi connectivity index (χ4n) is 0.157. The Kier molecular flexibility index (Phi) is 15.8. The van der Waals surface area contributed by atoms with Gasteiger partial charge in [-0.2, -0.15) is 0 Å². The zero-order valence-corrected chi connectivity index (χ0v) is 7.89. The van der Waals surface area contributed by atoms with E-state index in [4.69, 9.17) is 0 Å². The number of nitrogens with one attached hydrogen (secondary N) is 1. The molecule has 0 radical (unpaired) electrons. The normalized spacial score (nSPS) is 6.43. The maximum atomic E-state index is 9.20. The van der Waals surface area contributed by atoms with Gasteiger partial charge >= 0.3 is 51.4 Å². The van der Waals surface area contributed by atoms with Gasteiger partial charge in [0.05, 0.1) is 0 Å². The summed E-state index contributed by atoms with van der Waals surface area (Å²) in [7, 11) is 0. The Labute approximate surface area is 85.6 Å². The molecule has 0 amide bonds. The number of nitroso groups, excluding NO2 is 1. The molecule has 0 fully saturated rings. The average molecular weight is 127 g/mol. The summed E-state index contributed by atoms with van der Waals surface area (Å²) < 4.78 is 0. The van der Waals surface area contributed by atoms with Crippen molar-refractivity contribution in [3.63, 3.8) is 0 Å². The first kappa shape index (κ1) is 10.9. The monoisotopic (exact) mass is 127 g/mol. The molecule has 0 aromatic carbocycles. The molecular weight excluding hydrogens is 119 g/mol. The van der Waals surface area contributed by atoms with Gasteiger partial charge in [0.25, 0.3) is 0 Å². The molecule has 0 heterocycles. The molecule has 7 heavy (non-hydrogen) atoms. The largest absolute Gasteiger partial charge is 1.00 e. The second kappa shape index (κ2) is 10.1. The van der Waals surface area contributed by atoms with Gasteiger partial charge in [-0.1, -0.05) is 6.92 Å². The Morgan fingerprint density at radius 2 is 2.29 bits per heavy atom. The van der Waals surface area contributed by atoms with E-state index in [0.29, 0.717) is 6.54 Å². The van der Waals surface area contributed by atoms with Crippen LogP contribution in [0.1, 0.15) is 13.3 Å². The van der Waals surface area contributed by atoms with Crippen molar-refractivity contribution in [2.45, 2.75) is 13.3 Å². The maximum absolute atomic E-state index is 9.20. The van der Waals surface area contributed by atoms with Gasteiger partial charge in [-0.25, -0.2) is 0 Å². The SMILES string of the molecule is CCCNN=O.[K+]. The standard InChI is InChI=1S/C3H8N2O.K/c1-2-3-4-5-6;/h2-3H2,1H3,(H,4,6);/q;+1. The predicted molar refractivity (Wildman–Crippen MR) is 24.1 cm³/mol. The molecule has 0 rings (SSSR count). The first-order valence-electron chi connectivity index (χ1n) is 1.97. The quantitative estimate of drug-likeness (QED) is 0.200. The van der Waals surface area contributed by atoms with E-state index in [1.165, 1.54) is 0 Å². The van der Waals surface area contributed by atoms with Crippen LogP contribution >= 0.6 is 0 Å². The number of nitrogens with zero attached hydrogens (tertiary/aromatic N) is 1. The molecule has 0 atom stereocenters. The van der Waals surface area contributed by atoms with Gasteiger partial charge in [-0.05, 0) is 6.42 Å². The zero-order chi connectivity index (χ0) is 4.83. The van der Waals surface area contributed by atoms with Crippen LogP contribution in [0.4, 0.5) is 0 Å². The topological polar surface area (TPSA) is 41.5 Å². The first-order chi connectivity index (χ1) is 2.91. The molecule has 0 spiro atoms. The molecule has 0 saturated heterocycles. The van der Waals surface area contributed by atoms with Crippen molar-refractivity contribution in [1.82, 2.24) is 5.43 Å². The molecule has 0 aliphatic heterocycles. The van der Waals surface area contributed by atoms with Crippen LogP contribution in [-0.2, 0) is 0 Å². The number of hydrogen-bond acceptors (Lipinski definition) is 2. The molecule has 1 N–H and O–H groups in total. The second-order valence-electron chi connectivity index (χ2n) is 0.999. The third kappa shape index (κ3) is 11.0. The van der Waals surface area contributed by atoms with Gasteiger partial charge in [0.1, 0.15) is 0 Å². The van der Waals surface area contributed by atoms with E-state index in [9.17, 15) is 4.91 Å². The van der Waals surface area contributed by atoms with Crippen molar-refractivity contribution in [1.29, 1.82) is 0 Å². The Bertz CT molecular complexity index is 41.9. The van der Waals surface area contributed by atoms with Crippen LogP contribution < -0.4 is 56.8 Å². The number of hydrogen-bond donors (Lipinski definition) is 1. The third-order valence-electron chi connectivity index (χ3n) is 0.426. The van der Waals surface area contributed by atoms with E-state index in [2.05, 4.69) is 10.7 Å². The van der Waals surface area contributed by atoms with Crippen LogP contribution in [0.5, 0.6) is 0 Å². The Hall–Kier alpha value is 1.04. The van der Waals surface area contributed by atoms with Crippen LogP contribution in [0.2, 0.25) is 0 Å². The molecule has 0 aliphatic carbocycles. The second-order valence-corrected chi connectivity index (χ2v) is 0.999. The van der Waals surface area contributed by atoms with E-state index < -0.39 is 0 Å². The summed E-state index contributed by atoms with van der Waals surface area (Å²) in [4.78, 5) is 9.20. The summed E-state index contributed by atoms with van der Waals surface area (Å²) in [5.74, 6) is 0. The van der Waals surface area contributed by atoms with Crippen molar-refractivity contribution < 1.29 is 51.4 Å². The fraction of sp³-hybridized carbons (Fsp3) is 1.00. The minimum atomic E-state index is 0.